The molecule has 0 atom stereocenters. The summed E-state index contributed by atoms with van der Waals surface area (Å²) in [6, 6.07) is 8.53. The minimum Gasteiger partial charge on any atom is -0.377 e. The van der Waals surface area contributed by atoms with Gasteiger partial charge in [-0.2, -0.15) is 0 Å². The standard InChI is InChI=1S/C11H14N2/c1-12(2)10-5-4-6-11-9(10)7-8-13(11)3/h4-8H,1-3H3. The monoisotopic (exact) mass is 174 g/mol. The average Bonchev–Trinajstić information content (AvgIpc) is 2.48. The Kier molecular flexibility index (Phi) is 1.76. The summed E-state index contributed by atoms with van der Waals surface area (Å²) in [4.78, 5) is 2.14. The maximum absolute atomic E-state index is 2.16. The molecular formula is C11H14N2. The summed E-state index contributed by atoms with van der Waals surface area (Å²) in [6.07, 6.45) is 2.09. The Hall–Kier alpha value is -1.44. The summed E-state index contributed by atoms with van der Waals surface area (Å²) in [6.45, 7) is 0. The third-order valence-corrected chi connectivity index (χ3v) is 2.39. The highest BCUT2D eigenvalue weighted by molar-refractivity contribution is 5.92. The predicted octanol–water partition coefficient (Wildman–Crippen LogP) is 2.24. The third-order valence-electron chi connectivity index (χ3n) is 2.39. The summed E-state index contributed by atoms with van der Waals surface area (Å²) in [7, 11) is 6.21. The van der Waals surface area contributed by atoms with Gasteiger partial charge in [0.1, 0.15) is 0 Å². The van der Waals surface area contributed by atoms with Crippen molar-refractivity contribution in [1.29, 1.82) is 0 Å². The molecule has 0 aliphatic rings. The minimum absolute atomic E-state index is 1.28. The fourth-order valence-corrected chi connectivity index (χ4v) is 1.68. The van der Waals surface area contributed by atoms with E-state index in [1.807, 2.05) is 0 Å². The number of nitrogens with zero attached hydrogens (tertiary/aromatic N) is 2. The van der Waals surface area contributed by atoms with Crippen molar-refractivity contribution in [3.8, 4) is 0 Å². The number of aryl methyl sites for hydroxylation is 1. The molecule has 0 fully saturated rings. The van der Waals surface area contributed by atoms with Crippen molar-refractivity contribution < 1.29 is 0 Å². The lowest BCUT2D eigenvalue weighted by molar-refractivity contribution is 0.969. The van der Waals surface area contributed by atoms with Crippen LogP contribution < -0.4 is 4.90 Å². The fourth-order valence-electron chi connectivity index (χ4n) is 1.68. The van der Waals surface area contributed by atoms with E-state index in [9.17, 15) is 0 Å². The van der Waals surface area contributed by atoms with Gasteiger partial charge >= 0.3 is 0 Å². The largest absolute Gasteiger partial charge is 0.377 e. The molecule has 2 rings (SSSR count). The molecule has 0 saturated heterocycles. The highest BCUT2D eigenvalue weighted by Gasteiger charge is 2.03. The number of aromatic nitrogens is 1. The van der Waals surface area contributed by atoms with E-state index < -0.39 is 0 Å². The van der Waals surface area contributed by atoms with Crippen LogP contribution in [0.2, 0.25) is 0 Å². The molecule has 0 saturated carbocycles. The Morgan fingerprint density at radius 1 is 1.15 bits per heavy atom. The molecule has 1 heterocycles. The maximum Gasteiger partial charge on any atom is 0.0498 e. The van der Waals surface area contributed by atoms with Gasteiger partial charge in [-0.15, -0.1) is 0 Å². The van der Waals surface area contributed by atoms with Crippen molar-refractivity contribution in [2.75, 3.05) is 19.0 Å². The average molecular weight is 174 g/mol. The molecule has 2 aromatic rings. The Morgan fingerprint density at radius 2 is 1.92 bits per heavy atom. The van der Waals surface area contributed by atoms with Gasteiger partial charge in [-0.1, -0.05) is 6.07 Å². The zero-order chi connectivity index (χ0) is 9.42. The minimum atomic E-state index is 1.28. The molecule has 13 heavy (non-hydrogen) atoms. The van der Waals surface area contributed by atoms with Crippen LogP contribution in [-0.4, -0.2) is 18.7 Å². The normalized spacial score (nSPS) is 10.7. The number of hydrogen-bond donors (Lipinski definition) is 0. The van der Waals surface area contributed by atoms with Crippen molar-refractivity contribution in [3.05, 3.63) is 30.5 Å². The van der Waals surface area contributed by atoms with Crippen molar-refractivity contribution >= 4 is 16.6 Å². The third kappa shape index (κ3) is 1.18. The SMILES string of the molecule is CN(C)c1cccc2c1ccn2C. The summed E-state index contributed by atoms with van der Waals surface area (Å²) < 4.78 is 2.14. The second kappa shape index (κ2) is 2.80. The Bertz CT molecular complexity index is 427. The van der Waals surface area contributed by atoms with Crippen molar-refractivity contribution in [2.45, 2.75) is 0 Å². The molecule has 2 heteroatoms. The van der Waals surface area contributed by atoms with E-state index in [-0.39, 0.29) is 0 Å². The molecule has 0 aliphatic heterocycles. The van der Waals surface area contributed by atoms with E-state index in [4.69, 9.17) is 0 Å². The van der Waals surface area contributed by atoms with E-state index >= 15 is 0 Å². The van der Waals surface area contributed by atoms with Crippen LogP contribution in [0.1, 0.15) is 0 Å². The summed E-state index contributed by atoms with van der Waals surface area (Å²) in [5.74, 6) is 0. The van der Waals surface area contributed by atoms with Crippen LogP contribution in [0.4, 0.5) is 5.69 Å². The second-order valence-electron chi connectivity index (χ2n) is 3.53. The maximum atomic E-state index is 2.16. The first-order valence-electron chi connectivity index (χ1n) is 4.41. The lowest BCUT2D eigenvalue weighted by Gasteiger charge is -2.13. The Labute approximate surface area is 78.4 Å². The lowest BCUT2D eigenvalue weighted by Crippen LogP contribution is -2.08. The molecule has 0 aliphatic carbocycles. The second-order valence-corrected chi connectivity index (χ2v) is 3.53. The molecule has 0 N–H and O–H groups in total. The van der Waals surface area contributed by atoms with Crippen LogP contribution in [0.15, 0.2) is 30.5 Å². The van der Waals surface area contributed by atoms with Crippen LogP contribution in [0.25, 0.3) is 10.9 Å². The van der Waals surface area contributed by atoms with Crippen LogP contribution in [0, 0.1) is 0 Å². The van der Waals surface area contributed by atoms with Gasteiger partial charge in [-0.05, 0) is 18.2 Å². The highest BCUT2D eigenvalue weighted by Crippen LogP contribution is 2.25. The van der Waals surface area contributed by atoms with Crippen LogP contribution in [0.3, 0.4) is 0 Å². The number of hydrogen-bond acceptors (Lipinski definition) is 1. The fraction of sp³-hybridized carbons (Fsp3) is 0.273. The molecule has 0 amide bonds. The van der Waals surface area contributed by atoms with Crippen LogP contribution >= 0.6 is 0 Å². The summed E-state index contributed by atoms with van der Waals surface area (Å²) in [5.41, 5.74) is 2.56. The smallest absolute Gasteiger partial charge is 0.0498 e. The quantitative estimate of drug-likeness (QED) is 0.643. The van der Waals surface area contributed by atoms with Crippen molar-refractivity contribution in [3.63, 3.8) is 0 Å². The molecule has 1 aromatic heterocycles. The van der Waals surface area contributed by atoms with E-state index in [2.05, 4.69) is 61.1 Å². The first-order valence-corrected chi connectivity index (χ1v) is 4.41. The van der Waals surface area contributed by atoms with Gasteiger partial charge in [-0.25, -0.2) is 0 Å². The Morgan fingerprint density at radius 3 is 2.62 bits per heavy atom. The van der Waals surface area contributed by atoms with E-state index in [1.165, 1.54) is 16.6 Å². The topological polar surface area (TPSA) is 8.17 Å². The lowest BCUT2D eigenvalue weighted by atomic mass is 10.2. The Balaban J connectivity index is 2.77. The van der Waals surface area contributed by atoms with Gasteiger partial charge in [0, 0.05) is 43.9 Å². The van der Waals surface area contributed by atoms with Gasteiger partial charge < -0.3 is 9.47 Å². The first-order chi connectivity index (χ1) is 6.20. The summed E-state index contributed by atoms with van der Waals surface area (Å²) >= 11 is 0. The molecule has 68 valence electrons. The van der Waals surface area contributed by atoms with Gasteiger partial charge in [0.15, 0.2) is 0 Å². The van der Waals surface area contributed by atoms with Gasteiger partial charge in [0.05, 0.1) is 0 Å². The van der Waals surface area contributed by atoms with Crippen molar-refractivity contribution in [1.82, 2.24) is 4.57 Å². The number of benzene rings is 1. The van der Waals surface area contributed by atoms with E-state index in [0.29, 0.717) is 0 Å². The molecule has 0 unspecified atom stereocenters. The van der Waals surface area contributed by atoms with Gasteiger partial charge in [-0.3, -0.25) is 0 Å². The molecule has 2 nitrogen and oxygen atoms in total. The summed E-state index contributed by atoms with van der Waals surface area (Å²) in [5, 5.41) is 1.31. The zero-order valence-corrected chi connectivity index (χ0v) is 8.28. The van der Waals surface area contributed by atoms with E-state index in [1.54, 1.807) is 0 Å². The number of fused-ring (bicyclic) bond motifs is 1. The molecular weight excluding hydrogens is 160 g/mol. The first kappa shape index (κ1) is 8.17. The van der Waals surface area contributed by atoms with E-state index in [0.717, 1.165) is 0 Å². The number of rotatable bonds is 1. The van der Waals surface area contributed by atoms with Gasteiger partial charge in [0.25, 0.3) is 0 Å². The number of anilines is 1. The zero-order valence-electron chi connectivity index (χ0n) is 8.28. The molecule has 0 bridgehead atoms. The molecule has 0 spiro atoms. The molecule has 0 radical (unpaired) electrons. The van der Waals surface area contributed by atoms with Crippen molar-refractivity contribution in [2.24, 2.45) is 7.05 Å². The highest BCUT2D eigenvalue weighted by atomic mass is 15.1. The van der Waals surface area contributed by atoms with Crippen LogP contribution in [0.5, 0.6) is 0 Å². The van der Waals surface area contributed by atoms with Crippen LogP contribution in [-0.2, 0) is 7.05 Å². The van der Waals surface area contributed by atoms with Gasteiger partial charge in [0.2, 0.25) is 0 Å². The molecule has 1 aromatic carbocycles. The predicted molar refractivity (Wildman–Crippen MR) is 57.2 cm³/mol.